The molecule has 13 nitrogen and oxygen atoms in total. The lowest BCUT2D eigenvalue weighted by molar-refractivity contribution is -0.385. The third-order valence-corrected chi connectivity index (χ3v) is 11.1. The third kappa shape index (κ3) is 11.1. The molecule has 3 aliphatic heterocycles. The summed E-state index contributed by atoms with van der Waals surface area (Å²) in [6, 6.07) is 19.7. The van der Waals surface area contributed by atoms with E-state index in [4.69, 9.17) is 4.98 Å². The predicted molar refractivity (Wildman–Crippen MR) is 201 cm³/mol. The van der Waals surface area contributed by atoms with Gasteiger partial charge in [-0.25, -0.2) is 0 Å². The molecule has 0 aliphatic carbocycles. The van der Waals surface area contributed by atoms with Gasteiger partial charge in [0, 0.05) is 63.5 Å². The number of hydrogen-bond donors (Lipinski definition) is 0. The highest BCUT2D eigenvalue weighted by Gasteiger charge is 2.27. The molecule has 0 saturated carbocycles. The van der Waals surface area contributed by atoms with Crippen LogP contribution < -0.4 is 0 Å². The number of carbonyl (C=O) groups is 2. The number of nitro groups is 2. The van der Waals surface area contributed by atoms with Crippen molar-refractivity contribution in [2.75, 3.05) is 52.4 Å². The lowest BCUT2D eigenvalue weighted by Crippen LogP contribution is -2.45. The van der Waals surface area contributed by atoms with Crippen molar-refractivity contribution in [3.63, 3.8) is 0 Å². The van der Waals surface area contributed by atoms with Gasteiger partial charge in [0.15, 0.2) is 0 Å². The van der Waals surface area contributed by atoms with Gasteiger partial charge in [-0.2, -0.15) is 0 Å². The molecule has 282 valence electrons. The number of likely N-dealkylation sites (tertiary alicyclic amines) is 2. The Morgan fingerprint density at radius 1 is 0.585 bits per heavy atom. The van der Waals surface area contributed by atoms with E-state index in [-0.39, 0.29) is 33.0 Å². The molecule has 2 amide bonds. The van der Waals surface area contributed by atoms with E-state index in [9.17, 15) is 29.8 Å². The average molecular weight is 726 g/mol. The van der Waals surface area contributed by atoms with Crippen LogP contribution in [0.5, 0.6) is 0 Å². The SMILES string of the molecule is O=C(CN1CCCCCN(CC(=O)N2CCC(Cc3ccc([N+](=O)[O-])cc3)CC2)Cc2cccc(n2)C1)N1CCC(Cc2ccc([N+](=O)[O-])cc2)CC1. The molecule has 0 unspecified atom stereocenters. The van der Waals surface area contributed by atoms with Crippen molar-refractivity contribution in [2.45, 2.75) is 70.9 Å². The summed E-state index contributed by atoms with van der Waals surface area (Å²) >= 11 is 0. The van der Waals surface area contributed by atoms with Crippen LogP contribution in [0.1, 0.15) is 67.5 Å². The van der Waals surface area contributed by atoms with Gasteiger partial charge in [0.05, 0.1) is 34.3 Å². The topological polar surface area (TPSA) is 146 Å². The molecular weight excluding hydrogens is 674 g/mol. The molecule has 13 heteroatoms. The number of nitrogens with zero attached hydrogens (tertiary/aromatic N) is 7. The number of benzene rings is 2. The molecule has 0 radical (unpaired) electrons. The van der Waals surface area contributed by atoms with Gasteiger partial charge in [-0.05, 0) is 99.6 Å². The van der Waals surface area contributed by atoms with Crippen LogP contribution >= 0.6 is 0 Å². The monoisotopic (exact) mass is 725 g/mol. The number of non-ortho nitro benzene ring substituents is 2. The Morgan fingerprint density at radius 3 is 1.36 bits per heavy atom. The van der Waals surface area contributed by atoms with Gasteiger partial charge in [-0.15, -0.1) is 0 Å². The third-order valence-electron chi connectivity index (χ3n) is 11.1. The van der Waals surface area contributed by atoms with E-state index < -0.39 is 0 Å². The van der Waals surface area contributed by atoms with Gasteiger partial charge in [-0.1, -0.05) is 36.8 Å². The summed E-state index contributed by atoms with van der Waals surface area (Å²) in [6.07, 6.45) is 8.38. The fraction of sp³-hybridized carbons (Fsp3) is 0.525. The Labute approximate surface area is 311 Å². The summed E-state index contributed by atoms with van der Waals surface area (Å²) in [6.45, 7) is 6.46. The Hall–Kier alpha value is -4.75. The fourth-order valence-electron chi connectivity index (χ4n) is 7.97. The summed E-state index contributed by atoms with van der Waals surface area (Å²) < 4.78 is 0. The second-order valence-corrected chi connectivity index (χ2v) is 15.0. The minimum absolute atomic E-state index is 0.107. The van der Waals surface area contributed by atoms with Crippen LogP contribution in [0.3, 0.4) is 0 Å². The Kier molecular flexibility index (Phi) is 13.1. The van der Waals surface area contributed by atoms with Crippen LogP contribution in [-0.4, -0.2) is 98.6 Å². The molecule has 2 bridgehead atoms. The minimum atomic E-state index is -0.375. The zero-order valence-corrected chi connectivity index (χ0v) is 30.5. The highest BCUT2D eigenvalue weighted by atomic mass is 16.6. The summed E-state index contributed by atoms with van der Waals surface area (Å²) in [5, 5.41) is 21.9. The molecule has 3 aliphatic rings. The Bertz CT molecular complexity index is 1580. The van der Waals surface area contributed by atoms with Crippen LogP contribution in [0.4, 0.5) is 11.4 Å². The van der Waals surface area contributed by atoms with Crippen LogP contribution in [0.15, 0.2) is 66.7 Å². The largest absolute Gasteiger partial charge is 0.342 e. The molecular formula is C40H51N7O6. The molecule has 6 rings (SSSR count). The van der Waals surface area contributed by atoms with E-state index in [0.29, 0.717) is 38.0 Å². The molecule has 3 aromatic rings. The maximum Gasteiger partial charge on any atom is 0.269 e. The zero-order valence-electron chi connectivity index (χ0n) is 30.5. The first-order valence-electron chi connectivity index (χ1n) is 19.1. The van der Waals surface area contributed by atoms with Crippen molar-refractivity contribution in [3.05, 3.63) is 109 Å². The standard InChI is InChI=1S/C40H51N7O6/c48-39(44-21-15-33(16-22-44)25-31-7-11-37(12-8-31)46(50)51)29-42-19-2-1-3-20-43(28-36-6-4-5-35(27-42)41-36)30-40(49)45-23-17-34(18-24-45)26-32-9-13-38(14-10-32)47(52)53/h4-14,33-34H,1-3,15-30H2. The van der Waals surface area contributed by atoms with Gasteiger partial charge in [-0.3, -0.25) is 44.6 Å². The second-order valence-electron chi connectivity index (χ2n) is 15.0. The molecule has 4 heterocycles. The highest BCUT2D eigenvalue weighted by Crippen LogP contribution is 2.25. The smallest absolute Gasteiger partial charge is 0.269 e. The molecule has 0 spiro atoms. The number of pyridine rings is 1. The van der Waals surface area contributed by atoms with Crippen molar-refractivity contribution < 1.29 is 19.4 Å². The van der Waals surface area contributed by atoms with Gasteiger partial charge < -0.3 is 9.80 Å². The maximum absolute atomic E-state index is 13.5. The first-order valence-corrected chi connectivity index (χ1v) is 19.1. The number of amides is 2. The number of aromatic nitrogens is 1. The van der Waals surface area contributed by atoms with Crippen molar-refractivity contribution >= 4 is 23.2 Å². The first-order chi connectivity index (χ1) is 25.7. The van der Waals surface area contributed by atoms with Crippen LogP contribution in [0.25, 0.3) is 0 Å². The van der Waals surface area contributed by atoms with Crippen molar-refractivity contribution in [1.82, 2.24) is 24.6 Å². The molecule has 1 aromatic heterocycles. The predicted octanol–water partition coefficient (Wildman–Crippen LogP) is 5.65. The van der Waals surface area contributed by atoms with E-state index in [0.717, 1.165) is 120 Å². The van der Waals surface area contributed by atoms with E-state index in [1.807, 2.05) is 52.3 Å². The average Bonchev–Trinajstić information content (AvgIpc) is 3.15. The van der Waals surface area contributed by atoms with Gasteiger partial charge in [0.2, 0.25) is 11.8 Å². The van der Waals surface area contributed by atoms with Crippen molar-refractivity contribution in [2.24, 2.45) is 11.8 Å². The summed E-state index contributed by atoms with van der Waals surface area (Å²) in [5.74, 6) is 1.22. The van der Waals surface area contributed by atoms with E-state index >= 15 is 0 Å². The quantitative estimate of drug-likeness (QED) is 0.191. The normalized spacial score (nSPS) is 18.6. The number of fused-ring (bicyclic) bond motifs is 2. The van der Waals surface area contributed by atoms with Gasteiger partial charge in [0.1, 0.15) is 0 Å². The zero-order chi connectivity index (χ0) is 37.2. The Morgan fingerprint density at radius 2 is 0.981 bits per heavy atom. The maximum atomic E-state index is 13.5. The number of carbonyl (C=O) groups excluding carboxylic acids is 2. The highest BCUT2D eigenvalue weighted by molar-refractivity contribution is 5.78. The first kappa shape index (κ1) is 38.0. The molecule has 53 heavy (non-hydrogen) atoms. The van der Waals surface area contributed by atoms with Crippen molar-refractivity contribution in [3.8, 4) is 0 Å². The number of piperidine rings is 2. The van der Waals surface area contributed by atoms with Crippen LogP contribution in [-0.2, 0) is 35.5 Å². The molecule has 2 aromatic carbocycles. The molecule has 2 fully saturated rings. The minimum Gasteiger partial charge on any atom is -0.342 e. The lowest BCUT2D eigenvalue weighted by Gasteiger charge is -2.34. The molecule has 2 saturated heterocycles. The van der Waals surface area contributed by atoms with Crippen LogP contribution in [0, 0.1) is 32.1 Å². The Balaban J connectivity index is 0.961. The summed E-state index contributed by atoms with van der Waals surface area (Å²) in [5.41, 5.74) is 4.27. The molecule has 0 atom stereocenters. The van der Waals surface area contributed by atoms with Crippen LogP contribution in [0.2, 0.25) is 0 Å². The lowest BCUT2D eigenvalue weighted by atomic mass is 9.90. The second kappa shape index (κ2) is 18.3. The van der Waals surface area contributed by atoms with E-state index in [1.54, 1.807) is 24.3 Å². The van der Waals surface area contributed by atoms with E-state index in [1.165, 1.54) is 0 Å². The van der Waals surface area contributed by atoms with Gasteiger partial charge >= 0.3 is 0 Å². The summed E-state index contributed by atoms with van der Waals surface area (Å²) in [7, 11) is 0. The number of rotatable bonds is 10. The van der Waals surface area contributed by atoms with Gasteiger partial charge in [0.25, 0.3) is 11.4 Å². The number of hydrogen-bond acceptors (Lipinski definition) is 9. The molecule has 0 N–H and O–H groups in total. The number of nitro benzene ring substituents is 2. The van der Waals surface area contributed by atoms with E-state index in [2.05, 4.69) is 9.80 Å². The van der Waals surface area contributed by atoms with Crippen molar-refractivity contribution in [1.29, 1.82) is 0 Å². The fourth-order valence-corrected chi connectivity index (χ4v) is 7.97. The summed E-state index contributed by atoms with van der Waals surface area (Å²) in [4.78, 5) is 61.5.